The number of para-hydroxylation sites is 6. The summed E-state index contributed by atoms with van der Waals surface area (Å²) < 4.78 is 51.7. The first kappa shape index (κ1) is 76.3. The molecule has 0 spiro atoms. The maximum Gasteiger partial charge on any atom is 0.303 e. The predicted octanol–water partition coefficient (Wildman–Crippen LogP) is 11.0. The van der Waals surface area contributed by atoms with Crippen LogP contribution in [0.15, 0.2) is 146 Å². The number of carboxylic acid groups (broad SMARTS) is 3. The van der Waals surface area contributed by atoms with Gasteiger partial charge in [0.2, 0.25) is 0 Å². The summed E-state index contributed by atoms with van der Waals surface area (Å²) in [7, 11) is 16.5. The Morgan fingerprint density at radius 2 is 0.570 bits per heavy atom. The molecule has 3 N–H and O–H groups in total. The van der Waals surface area contributed by atoms with Gasteiger partial charge in [0.25, 0.3) is 0 Å². The lowest BCUT2D eigenvalue weighted by molar-refractivity contribution is -0.139. The lowest BCUT2D eigenvalue weighted by Crippen LogP contribution is -2.28. The van der Waals surface area contributed by atoms with Crippen LogP contribution in [0, 0.1) is 17.8 Å². The third-order valence-electron chi connectivity index (χ3n) is 13.8. The highest BCUT2D eigenvalue weighted by molar-refractivity contribution is 5.83. The van der Waals surface area contributed by atoms with Gasteiger partial charge in [-0.05, 0) is 132 Å². The quantitative estimate of drug-likeness (QED) is 0.0322. The molecule has 93 heavy (non-hydrogen) atoms. The molecule has 0 heterocycles. The van der Waals surface area contributed by atoms with Gasteiger partial charge in [-0.25, -0.2) is 0 Å². The molecule has 0 bridgehead atoms. The second kappa shape index (κ2) is 42.8. The van der Waals surface area contributed by atoms with Crippen molar-refractivity contribution in [2.75, 3.05) is 103 Å². The van der Waals surface area contributed by atoms with Crippen molar-refractivity contribution < 1.29 is 86.7 Å². The van der Waals surface area contributed by atoms with E-state index in [1.165, 1.54) is 0 Å². The second-order valence-corrected chi connectivity index (χ2v) is 23.0. The Hall–Kier alpha value is -9.18. The first-order chi connectivity index (χ1) is 44.6. The summed E-state index contributed by atoms with van der Waals surface area (Å²) in [6, 6.07) is 45.2. The van der Waals surface area contributed by atoms with Crippen LogP contribution in [0.1, 0.15) is 74.5 Å². The average Bonchev–Trinajstić information content (AvgIpc) is 2.57. The Morgan fingerprint density at radius 1 is 0.333 bits per heavy atom. The van der Waals surface area contributed by atoms with Gasteiger partial charge < -0.3 is 72.7 Å². The molecular formula is C72H93N3O18. The zero-order valence-corrected chi connectivity index (χ0v) is 55.1. The number of benzene rings is 6. The average molecular weight is 1290 g/mol. The minimum Gasteiger partial charge on any atom is -0.497 e. The van der Waals surface area contributed by atoms with Crippen LogP contribution in [0.2, 0.25) is 0 Å². The van der Waals surface area contributed by atoms with Crippen molar-refractivity contribution in [3.8, 4) is 51.7 Å². The van der Waals surface area contributed by atoms with E-state index in [9.17, 15) is 28.8 Å². The minimum absolute atomic E-state index is 0.0412. The summed E-state index contributed by atoms with van der Waals surface area (Å²) in [6.45, 7) is 4.07. The van der Waals surface area contributed by atoms with Gasteiger partial charge in [-0.15, -0.1) is 0 Å². The molecule has 21 nitrogen and oxygen atoms in total. The van der Waals surface area contributed by atoms with Crippen molar-refractivity contribution in [2.45, 2.75) is 77.6 Å². The summed E-state index contributed by atoms with van der Waals surface area (Å²) in [6.07, 6.45) is 0.521. The molecule has 0 radical (unpaired) electrons. The van der Waals surface area contributed by atoms with Gasteiger partial charge in [0.05, 0.1) is 60.4 Å². The van der Waals surface area contributed by atoms with Crippen LogP contribution < -0.4 is 42.6 Å². The topological polar surface area (TPSA) is 256 Å². The maximum atomic E-state index is 12.2. The molecule has 6 rings (SSSR count). The number of methoxy groups -OCH3 is 3. The van der Waals surface area contributed by atoms with Crippen molar-refractivity contribution in [1.82, 2.24) is 14.7 Å². The number of aliphatic carboxylic acids is 3. The number of Topliss-reactive ketones (excluding diaryl/α,β-unsaturated/α-hetero) is 3. The molecule has 6 aromatic carbocycles. The van der Waals surface area contributed by atoms with Crippen LogP contribution in [0.3, 0.4) is 0 Å². The minimum atomic E-state index is -0.962. The van der Waals surface area contributed by atoms with Gasteiger partial charge in [-0.2, -0.15) is 0 Å². The summed E-state index contributed by atoms with van der Waals surface area (Å²) in [5.41, 5.74) is 2.93. The fourth-order valence-corrected chi connectivity index (χ4v) is 9.55. The molecule has 0 aliphatic heterocycles. The largest absolute Gasteiger partial charge is 0.497 e. The molecule has 21 heteroatoms. The van der Waals surface area contributed by atoms with E-state index in [0.29, 0.717) is 93.8 Å². The molecule has 0 aliphatic carbocycles. The van der Waals surface area contributed by atoms with Gasteiger partial charge in [0.1, 0.15) is 54.4 Å². The monoisotopic (exact) mass is 1290 g/mol. The third-order valence-corrected chi connectivity index (χ3v) is 13.8. The highest BCUT2D eigenvalue weighted by Gasteiger charge is 2.22. The standard InChI is InChI=1S/3C24H31NO6/c3*1-25(2)15-19(13-20(26)11-12-24(27)28)17-31-23-10-5-4-9-22(23)30-16-18-7-6-8-21(14-18)29-3/h3*4-10,14,19H,11-13,15-17H2,1-3H3,(H,27,28)/t2*19-;/m10./s1. The van der Waals surface area contributed by atoms with Gasteiger partial charge in [-0.1, -0.05) is 72.8 Å². The highest BCUT2D eigenvalue weighted by Crippen LogP contribution is 2.32. The Bertz CT molecular complexity index is 2890. The molecule has 0 amide bonds. The van der Waals surface area contributed by atoms with Crippen LogP contribution in [-0.4, -0.2) is 168 Å². The Balaban J connectivity index is 0.000000297. The molecule has 0 saturated heterocycles. The molecule has 504 valence electrons. The highest BCUT2D eigenvalue weighted by atomic mass is 16.5. The lowest BCUT2D eigenvalue weighted by Gasteiger charge is -2.22. The Kier molecular flexibility index (Phi) is 35.1. The van der Waals surface area contributed by atoms with E-state index in [2.05, 4.69) is 0 Å². The fraction of sp³-hybridized carbons (Fsp3) is 0.417. The second-order valence-electron chi connectivity index (χ2n) is 23.0. The van der Waals surface area contributed by atoms with E-state index < -0.39 is 17.9 Å². The first-order valence-corrected chi connectivity index (χ1v) is 30.7. The number of hydrogen-bond donors (Lipinski definition) is 3. The summed E-state index contributed by atoms with van der Waals surface area (Å²) in [5, 5.41) is 26.3. The Labute approximate surface area is 547 Å². The summed E-state index contributed by atoms with van der Waals surface area (Å²) in [5.74, 6) is 2.71. The van der Waals surface area contributed by atoms with Crippen molar-refractivity contribution in [3.05, 3.63) is 162 Å². The van der Waals surface area contributed by atoms with Crippen molar-refractivity contribution in [2.24, 2.45) is 17.8 Å². The number of nitrogens with zero attached hydrogens (tertiary/aromatic N) is 3. The summed E-state index contributed by atoms with van der Waals surface area (Å²) >= 11 is 0. The van der Waals surface area contributed by atoms with E-state index in [4.69, 9.17) is 58.0 Å². The lowest BCUT2D eigenvalue weighted by atomic mass is 10.0. The van der Waals surface area contributed by atoms with Gasteiger partial charge in [0, 0.05) is 75.9 Å². The van der Waals surface area contributed by atoms with Crippen LogP contribution >= 0.6 is 0 Å². The number of carbonyl (C=O) groups excluding carboxylic acids is 3. The predicted molar refractivity (Wildman–Crippen MR) is 353 cm³/mol. The van der Waals surface area contributed by atoms with Crippen LogP contribution in [0.4, 0.5) is 0 Å². The number of ether oxygens (including phenoxy) is 9. The first-order valence-electron chi connectivity index (χ1n) is 30.7. The van der Waals surface area contributed by atoms with Crippen molar-refractivity contribution >= 4 is 35.3 Å². The molecule has 3 atom stereocenters. The van der Waals surface area contributed by atoms with Crippen molar-refractivity contribution in [1.29, 1.82) is 0 Å². The van der Waals surface area contributed by atoms with E-state index in [0.717, 1.165) is 33.9 Å². The van der Waals surface area contributed by atoms with E-state index in [1.807, 2.05) is 203 Å². The maximum absolute atomic E-state index is 12.2. The molecule has 6 aromatic rings. The van der Waals surface area contributed by atoms with Crippen molar-refractivity contribution in [3.63, 3.8) is 0 Å². The molecule has 0 aliphatic rings. The zero-order chi connectivity index (χ0) is 67.9. The SMILES string of the molecule is COc1cccc(COc2ccccc2OCC(CC(=O)CCC(=O)O)CN(C)C)c1.COc1cccc(COc2ccccc2OC[C@@H](CC(=O)CCC(=O)O)CN(C)C)c1.COc1cccc(COc2ccccc2OC[C@H](CC(=O)CCC(=O)O)CN(C)C)c1. The Morgan fingerprint density at radius 3 is 0.785 bits per heavy atom. The van der Waals surface area contributed by atoms with E-state index in [1.54, 1.807) is 21.3 Å². The molecular weight excluding hydrogens is 1190 g/mol. The number of hydrogen-bond acceptors (Lipinski definition) is 18. The zero-order valence-electron chi connectivity index (χ0n) is 55.1. The molecule has 0 fully saturated rings. The van der Waals surface area contributed by atoms with Gasteiger partial charge >= 0.3 is 17.9 Å². The number of carbonyl (C=O) groups is 6. The summed E-state index contributed by atoms with van der Waals surface area (Å²) in [4.78, 5) is 74.6. The third kappa shape index (κ3) is 32.6. The smallest absolute Gasteiger partial charge is 0.303 e. The molecule has 0 saturated carbocycles. The fourth-order valence-electron chi connectivity index (χ4n) is 9.55. The molecule has 0 aromatic heterocycles. The number of ketones is 3. The van der Waals surface area contributed by atoms with E-state index >= 15 is 0 Å². The van der Waals surface area contributed by atoms with E-state index in [-0.39, 0.29) is 92.9 Å². The van der Waals surface area contributed by atoms with Gasteiger partial charge in [0.15, 0.2) is 34.5 Å². The number of rotatable bonds is 42. The normalized spacial score (nSPS) is 11.7. The number of carboxylic acids is 3. The molecule has 1 unspecified atom stereocenters. The van der Waals surface area contributed by atoms with Crippen LogP contribution in [0.25, 0.3) is 0 Å². The van der Waals surface area contributed by atoms with Crippen LogP contribution in [-0.2, 0) is 48.6 Å². The van der Waals surface area contributed by atoms with Gasteiger partial charge in [-0.3, -0.25) is 28.8 Å². The van der Waals surface area contributed by atoms with Crippen LogP contribution in [0.5, 0.6) is 51.7 Å².